The van der Waals surface area contributed by atoms with Gasteiger partial charge in [-0.25, -0.2) is 4.98 Å². The molecule has 0 saturated heterocycles. The van der Waals surface area contributed by atoms with Crippen LogP contribution in [0.5, 0.6) is 0 Å². The van der Waals surface area contributed by atoms with Crippen molar-refractivity contribution in [3.8, 4) is 0 Å². The second kappa shape index (κ2) is 5.99. The van der Waals surface area contributed by atoms with E-state index < -0.39 is 4.92 Å². The highest BCUT2D eigenvalue weighted by Crippen LogP contribution is 2.26. The van der Waals surface area contributed by atoms with Crippen LogP contribution in [-0.4, -0.2) is 9.91 Å². The Balaban J connectivity index is 2.14. The molecular weight excluding hydrogens is 334 g/mol. The van der Waals surface area contributed by atoms with Crippen LogP contribution in [0.3, 0.4) is 0 Å². The first-order valence-electron chi connectivity index (χ1n) is 5.35. The molecular formula is C12H9BrClN3O2. The van der Waals surface area contributed by atoms with E-state index >= 15 is 0 Å². The molecule has 1 heterocycles. The summed E-state index contributed by atoms with van der Waals surface area (Å²) in [7, 11) is 0. The molecule has 5 nitrogen and oxygen atoms in total. The monoisotopic (exact) mass is 341 g/mol. The molecule has 0 bridgehead atoms. The van der Waals surface area contributed by atoms with Crippen molar-refractivity contribution in [1.82, 2.24) is 4.98 Å². The summed E-state index contributed by atoms with van der Waals surface area (Å²) >= 11 is 9.05. The molecule has 0 fully saturated rings. The van der Waals surface area contributed by atoms with Crippen molar-refractivity contribution in [3.63, 3.8) is 0 Å². The van der Waals surface area contributed by atoms with Gasteiger partial charge in [0, 0.05) is 18.8 Å². The quantitative estimate of drug-likeness (QED) is 0.518. The topological polar surface area (TPSA) is 68.1 Å². The van der Waals surface area contributed by atoms with E-state index in [0.29, 0.717) is 21.9 Å². The molecule has 0 spiro atoms. The summed E-state index contributed by atoms with van der Waals surface area (Å²) in [5.74, 6) is 0. The molecule has 0 radical (unpaired) electrons. The standard InChI is InChI=1S/C12H9BrClN3O2/c13-9-4-3-8(6-11(9)17(18)19)7-16-10-2-1-5-15-12(10)14/h1-6,16H,7H2. The summed E-state index contributed by atoms with van der Waals surface area (Å²) in [6, 6.07) is 8.52. The number of nitrogens with zero attached hydrogens (tertiary/aromatic N) is 2. The minimum absolute atomic E-state index is 0.0385. The zero-order valence-corrected chi connectivity index (χ0v) is 12.0. The van der Waals surface area contributed by atoms with Crippen LogP contribution in [0.15, 0.2) is 41.0 Å². The highest BCUT2D eigenvalue weighted by atomic mass is 79.9. The van der Waals surface area contributed by atoms with E-state index in [2.05, 4.69) is 26.2 Å². The molecule has 7 heteroatoms. The molecule has 98 valence electrons. The molecule has 0 unspecified atom stereocenters. The zero-order valence-electron chi connectivity index (χ0n) is 9.64. The summed E-state index contributed by atoms with van der Waals surface area (Å²) in [5, 5.41) is 14.3. The smallest absolute Gasteiger partial charge is 0.283 e. The molecule has 0 aliphatic carbocycles. The van der Waals surface area contributed by atoms with Crippen LogP contribution in [0.2, 0.25) is 5.15 Å². The molecule has 0 aliphatic heterocycles. The molecule has 19 heavy (non-hydrogen) atoms. The van der Waals surface area contributed by atoms with Gasteiger partial charge >= 0.3 is 0 Å². The largest absolute Gasteiger partial charge is 0.378 e. The van der Waals surface area contributed by atoms with Gasteiger partial charge in [-0.2, -0.15) is 0 Å². The number of benzene rings is 1. The lowest BCUT2D eigenvalue weighted by atomic mass is 10.2. The van der Waals surface area contributed by atoms with Gasteiger partial charge in [0.25, 0.3) is 5.69 Å². The third-order valence-electron chi connectivity index (χ3n) is 2.45. The first-order chi connectivity index (χ1) is 9.08. The number of pyridine rings is 1. The highest BCUT2D eigenvalue weighted by Gasteiger charge is 2.12. The third-order valence-corrected chi connectivity index (χ3v) is 3.42. The van der Waals surface area contributed by atoms with Crippen molar-refractivity contribution in [1.29, 1.82) is 0 Å². The van der Waals surface area contributed by atoms with Crippen molar-refractivity contribution in [2.75, 3.05) is 5.32 Å². The molecule has 2 aromatic rings. The zero-order chi connectivity index (χ0) is 13.8. The van der Waals surface area contributed by atoms with Crippen LogP contribution in [0.4, 0.5) is 11.4 Å². The van der Waals surface area contributed by atoms with Gasteiger partial charge in [-0.05, 0) is 39.7 Å². The average Bonchev–Trinajstić information content (AvgIpc) is 2.39. The lowest BCUT2D eigenvalue weighted by Gasteiger charge is -2.07. The van der Waals surface area contributed by atoms with Crippen molar-refractivity contribution in [2.45, 2.75) is 6.54 Å². The molecule has 0 aliphatic rings. The first-order valence-corrected chi connectivity index (χ1v) is 6.52. The fourth-order valence-corrected chi connectivity index (χ4v) is 2.10. The van der Waals surface area contributed by atoms with Crippen LogP contribution in [0.1, 0.15) is 5.56 Å². The SMILES string of the molecule is O=[N+]([O-])c1cc(CNc2cccnc2Cl)ccc1Br. The van der Waals surface area contributed by atoms with E-state index in [0.717, 1.165) is 5.56 Å². The maximum absolute atomic E-state index is 10.8. The Hall–Kier alpha value is -1.66. The number of nitro benzene ring substituents is 1. The number of nitrogens with one attached hydrogen (secondary N) is 1. The number of hydrogen-bond donors (Lipinski definition) is 1. The number of rotatable bonds is 4. The molecule has 0 atom stereocenters. The predicted molar refractivity (Wildman–Crippen MR) is 77.4 cm³/mol. The Bertz CT molecular complexity index is 622. The summed E-state index contributed by atoms with van der Waals surface area (Å²) in [6.07, 6.45) is 1.60. The van der Waals surface area contributed by atoms with Crippen LogP contribution >= 0.6 is 27.5 Å². The number of hydrogen-bond acceptors (Lipinski definition) is 4. The van der Waals surface area contributed by atoms with Crippen molar-refractivity contribution < 1.29 is 4.92 Å². The maximum Gasteiger partial charge on any atom is 0.283 e. The predicted octanol–water partition coefficient (Wildman–Crippen LogP) is 4.02. The third kappa shape index (κ3) is 3.42. The Morgan fingerprint density at radius 1 is 1.42 bits per heavy atom. The number of nitro groups is 1. The molecule has 0 amide bonds. The second-order valence-corrected chi connectivity index (χ2v) is 4.95. The van der Waals surface area contributed by atoms with Crippen molar-refractivity contribution in [3.05, 3.63) is 61.8 Å². The number of halogens is 2. The highest BCUT2D eigenvalue weighted by molar-refractivity contribution is 9.10. The van der Waals surface area contributed by atoms with Crippen LogP contribution < -0.4 is 5.32 Å². The first kappa shape index (κ1) is 13.8. The fourth-order valence-electron chi connectivity index (χ4n) is 1.52. The van der Waals surface area contributed by atoms with E-state index in [4.69, 9.17) is 11.6 Å². The number of anilines is 1. The minimum atomic E-state index is -0.426. The Morgan fingerprint density at radius 2 is 2.21 bits per heavy atom. The van der Waals surface area contributed by atoms with E-state index in [1.165, 1.54) is 6.07 Å². The fraction of sp³-hybridized carbons (Fsp3) is 0.0833. The van der Waals surface area contributed by atoms with Gasteiger partial charge in [0.15, 0.2) is 5.15 Å². The normalized spacial score (nSPS) is 10.2. The second-order valence-electron chi connectivity index (χ2n) is 3.74. The lowest BCUT2D eigenvalue weighted by Crippen LogP contribution is -2.01. The van der Waals surface area contributed by atoms with E-state index in [1.807, 2.05) is 0 Å². The van der Waals surface area contributed by atoms with Gasteiger partial charge in [-0.1, -0.05) is 17.7 Å². The van der Waals surface area contributed by atoms with Crippen LogP contribution in [0, 0.1) is 10.1 Å². The molecule has 1 N–H and O–H groups in total. The molecule has 1 aromatic heterocycles. The van der Waals surface area contributed by atoms with Crippen LogP contribution in [-0.2, 0) is 6.54 Å². The van der Waals surface area contributed by atoms with Gasteiger partial charge in [0.1, 0.15) is 0 Å². The van der Waals surface area contributed by atoms with Crippen LogP contribution in [0.25, 0.3) is 0 Å². The van der Waals surface area contributed by atoms with Gasteiger partial charge in [-0.3, -0.25) is 10.1 Å². The van der Waals surface area contributed by atoms with Gasteiger partial charge in [0.2, 0.25) is 0 Å². The van der Waals surface area contributed by atoms with Crippen molar-refractivity contribution >= 4 is 38.9 Å². The average molecular weight is 343 g/mol. The lowest BCUT2D eigenvalue weighted by molar-refractivity contribution is -0.385. The summed E-state index contributed by atoms with van der Waals surface area (Å²) in [5.41, 5.74) is 1.51. The van der Waals surface area contributed by atoms with Crippen molar-refractivity contribution in [2.24, 2.45) is 0 Å². The molecule has 2 rings (SSSR count). The summed E-state index contributed by atoms with van der Waals surface area (Å²) in [6.45, 7) is 0.430. The van der Waals surface area contributed by atoms with Gasteiger partial charge < -0.3 is 5.32 Å². The summed E-state index contributed by atoms with van der Waals surface area (Å²) < 4.78 is 0.459. The minimum Gasteiger partial charge on any atom is -0.378 e. The van der Waals surface area contributed by atoms with E-state index in [-0.39, 0.29) is 5.69 Å². The Kier molecular flexibility index (Phi) is 4.34. The van der Waals surface area contributed by atoms with E-state index in [9.17, 15) is 10.1 Å². The molecule has 1 aromatic carbocycles. The Labute approximate surface area is 122 Å². The maximum atomic E-state index is 10.8. The van der Waals surface area contributed by atoms with E-state index in [1.54, 1.807) is 30.5 Å². The Morgan fingerprint density at radius 3 is 2.89 bits per heavy atom. The number of aromatic nitrogens is 1. The summed E-state index contributed by atoms with van der Waals surface area (Å²) in [4.78, 5) is 14.3. The molecule has 0 saturated carbocycles. The van der Waals surface area contributed by atoms with Gasteiger partial charge in [-0.15, -0.1) is 0 Å². The van der Waals surface area contributed by atoms with Gasteiger partial charge in [0.05, 0.1) is 15.1 Å².